The van der Waals surface area contributed by atoms with Crippen LogP contribution in [0, 0.1) is 0 Å². The fraction of sp³-hybridized carbons (Fsp3) is 0.455. The highest BCUT2D eigenvalue weighted by atomic mass is 35.5. The molecule has 2 N–H and O–H groups in total. The van der Waals surface area contributed by atoms with Crippen molar-refractivity contribution >= 4 is 42.1 Å². The van der Waals surface area contributed by atoms with Crippen molar-refractivity contribution in [3.63, 3.8) is 0 Å². The van der Waals surface area contributed by atoms with Crippen LogP contribution < -0.4 is 10.6 Å². The van der Waals surface area contributed by atoms with Crippen LogP contribution in [0.2, 0.25) is 5.02 Å². The number of hydrogen-bond donors (Lipinski definition) is 2. The highest BCUT2D eigenvalue weighted by Crippen LogP contribution is 2.39. The van der Waals surface area contributed by atoms with Gasteiger partial charge in [0.25, 0.3) is 0 Å². The summed E-state index contributed by atoms with van der Waals surface area (Å²) in [5, 5.41) is 7.84. The van der Waals surface area contributed by atoms with Gasteiger partial charge < -0.3 is 10.6 Å². The minimum Gasteiger partial charge on any atom is -0.381 e. The molecule has 1 aromatic rings. The Morgan fingerprint density at radius 2 is 2.06 bits per heavy atom. The average molecular weight is 282 g/mol. The van der Waals surface area contributed by atoms with Gasteiger partial charge in [-0.1, -0.05) is 11.6 Å². The van der Waals surface area contributed by atoms with E-state index in [-0.39, 0.29) is 24.8 Å². The maximum atomic E-state index is 6.01. The van der Waals surface area contributed by atoms with Crippen molar-refractivity contribution in [1.29, 1.82) is 0 Å². The largest absolute Gasteiger partial charge is 0.381 e. The number of halogens is 3. The van der Waals surface area contributed by atoms with Gasteiger partial charge in [0.2, 0.25) is 0 Å². The summed E-state index contributed by atoms with van der Waals surface area (Å²) in [4.78, 5) is 0. The zero-order valence-corrected chi connectivity index (χ0v) is 11.1. The molecule has 2 unspecified atom stereocenters. The highest BCUT2D eigenvalue weighted by Gasteiger charge is 2.33. The van der Waals surface area contributed by atoms with E-state index in [0.717, 1.165) is 18.1 Å². The lowest BCUT2D eigenvalue weighted by Gasteiger charge is -2.26. The molecule has 2 aliphatic heterocycles. The van der Waals surface area contributed by atoms with Gasteiger partial charge in [-0.2, -0.15) is 0 Å². The van der Waals surface area contributed by atoms with Gasteiger partial charge in [-0.3, -0.25) is 0 Å². The topological polar surface area (TPSA) is 24.1 Å². The van der Waals surface area contributed by atoms with Crippen molar-refractivity contribution in [2.75, 3.05) is 18.4 Å². The number of nitrogens with one attached hydrogen (secondary N) is 2. The first kappa shape index (κ1) is 13.9. The lowest BCUT2D eigenvalue weighted by molar-refractivity contribution is 0.440. The highest BCUT2D eigenvalue weighted by molar-refractivity contribution is 6.30. The van der Waals surface area contributed by atoms with Crippen LogP contribution in [0.5, 0.6) is 0 Å². The van der Waals surface area contributed by atoms with E-state index in [9.17, 15) is 0 Å². The van der Waals surface area contributed by atoms with E-state index in [1.807, 2.05) is 6.07 Å². The van der Waals surface area contributed by atoms with E-state index in [1.54, 1.807) is 0 Å². The van der Waals surface area contributed by atoms with Crippen LogP contribution in [-0.4, -0.2) is 19.1 Å². The fourth-order valence-corrected chi connectivity index (χ4v) is 2.71. The Morgan fingerprint density at radius 1 is 1.25 bits per heavy atom. The molecule has 5 heteroatoms. The Bertz CT molecular complexity index is 370. The van der Waals surface area contributed by atoms with Crippen molar-refractivity contribution in [2.24, 2.45) is 0 Å². The molecule has 0 spiro atoms. The second-order valence-electron chi connectivity index (χ2n) is 4.08. The van der Waals surface area contributed by atoms with E-state index in [1.165, 1.54) is 17.7 Å². The predicted molar refractivity (Wildman–Crippen MR) is 73.6 cm³/mol. The molecule has 0 aliphatic carbocycles. The predicted octanol–water partition coefficient (Wildman–Crippen LogP) is 3.05. The van der Waals surface area contributed by atoms with Crippen LogP contribution in [0.3, 0.4) is 0 Å². The quantitative estimate of drug-likeness (QED) is 0.764. The number of rotatable bonds is 0. The number of piperidine rings is 1. The molecule has 2 nitrogen and oxygen atoms in total. The zero-order valence-electron chi connectivity index (χ0n) is 8.70. The van der Waals surface area contributed by atoms with Crippen molar-refractivity contribution in [2.45, 2.75) is 18.4 Å². The summed E-state index contributed by atoms with van der Waals surface area (Å²) in [6.45, 7) is 2.20. The molecule has 0 bridgehead atoms. The van der Waals surface area contributed by atoms with Gasteiger partial charge in [-0.25, -0.2) is 0 Å². The molecule has 1 aromatic carbocycles. The van der Waals surface area contributed by atoms with E-state index >= 15 is 0 Å². The van der Waals surface area contributed by atoms with Gasteiger partial charge in [0, 0.05) is 29.2 Å². The summed E-state index contributed by atoms with van der Waals surface area (Å²) in [7, 11) is 0. The summed E-state index contributed by atoms with van der Waals surface area (Å²) in [5.74, 6) is 0.609. The monoisotopic (exact) mass is 280 g/mol. The Labute approximate surface area is 113 Å². The third-order valence-electron chi connectivity index (χ3n) is 3.24. The van der Waals surface area contributed by atoms with Gasteiger partial charge in [0.05, 0.1) is 0 Å². The third kappa shape index (κ3) is 2.25. The number of benzene rings is 1. The normalized spacial score (nSPS) is 25.6. The Kier molecular flexibility index (Phi) is 4.74. The molecule has 1 fully saturated rings. The molecule has 16 heavy (non-hydrogen) atoms. The molecule has 0 radical (unpaired) electrons. The molecule has 2 atom stereocenters. The Morgan fingerprint density at radius 3 is 2.88 bits per heavy atom. The minimum absolute atomic E-state index is 0. The van der Waals surface area contributed by atoms with Crippen molar-refractivity contribution < 1.29 is 0 Å². The molecule has 90 valence electrons. The van der Waals surface area contributed by atoms with Gasteiger partial charge in [-0.05, 0) is 36.7 Å². The SMILES string of the molecule is Cl.Cl.Clc1ccc2c(c1)C1CNCCC1N2. The number of fused-ring (bicyclic) bond motifs is 3. The zero-order chi connectivity index (χ0) is 9.54. The summed E-state index contributed by atoms with van der Waals surface area (Å²) in [5.41, 5.74) is 2.66. The smallest absolute Gasteiger partial charge is 0.0410 e. The molecular formula is C11H15Cl3N2. The van der Waals surface area contributed by atoms with E-state index in [2.05, 4.69) is 22.8 Å². The summed E-state index contributed by atoms with van der Waals surface area (Å²) in [6.07, 6.45) is 1.21. The van der Waals surface area contributed by atoms with Crippen molar-refractivity contribution in [3.05, 3.63) is 28.8 Å². The number of hydrogen-bond acceptors (Lipinski definition) is 2. The Balaban J connectivity index is 0.000000640. The average Bonchev–Trinajstić information content (AvgIpc) is 2.56. The first-order valence-corrected chi connectivity index (χ1v) is 5.49. The standard InChI is InChI=1S/C11H13ClN2.2ClH/c12-7-1-2-10-8(5-7)9-6-13-4-3-11(9)14-10;;/h1-2,5,9,11,13-14H,3-4,6H2;2*1H. The fourth-order valence-electron chi connectivity index (χ4n) is 2.53. The molecule has 0 aromatic heterocycles. The molecular weight excluding hydrogens is 266 g/mol. The second-order valence-corrected chi connectivity index (χ2v) is 4.52. The van der Waals surface area contributed by atoms with Gasteiger partial charge in [0.15, 0.2) is 0 Å². The van der Waals surface area contributed by atoms with Crippen LogP contribution in [0.1, 0.15) is 17.9 Å². The Hall–Kier alpha value is -0.150. The first-order chi connectivity index (χ1) is 6.84. The molecule has 0 amide bonds. The van der Waals surface area contributed by atoms with Crippen LogP contribution in [-0.2, 0) is 0 Å². The molecule has 2 aliphatic rings. The lowest BCUT2D eigenvalue weighted by atomic mass is 9.91. The van der Waals surface area contributed by atoms with Crippen molar-refractivity contribution in [3.8, 4) is 0 Å². The summed E-state index contributed by atoms with van der Waals surface area (Å²) >= 11 is 6.01. The van der Waals surface area contributed by atoms with Crippen LogP contribution in [0.4, 0.5) is 5.69 Å². The molecule has 0 saturated carbocycles. The minimum atomic E-state index is 0. The van der Waals surface area contributed by atoms with Crippen LogP contribution in [0.15, 0.2) is 18.2 Å². The number of anilines is 1. The van der Waals surface area contributed by atoms with Crippen LogP contribution >= 0.6 is 36.4 Å². The van der Waals surface area contributed by atoms with Crippen molar-refractivity contribution in [1.82, 2.24) is 5.32 Å². The van der Waals surface area contributed by atoms with E-state index in [4.69, 9.17) is 11.6 Å². The lowest BCUT2D eigenvalue weighted by Crippen LogP contribution is -2.38. The van der Waals surface area contributed by atoms with E-state index in [0.29, 0.717) is 12.0 Å². The first-order valence-electron chi connectivity index (χ1n) is 5.11. The summed E-state index contributed by atoms with van der Waals surface area (Å²) in [6, 6.07) is 6.76. The van der Waals surface area contributed by atoms with Gasteiger partial charge in [0.1, 0.15) is 0 Å². The van der Waals surface area contributed by atoms with Gasteiger partial charge >= 0.3 is 0 Å². The maximum absolute atomic E-state index is 6.01. The summed E-state index contributed by atoms with van der Waals surface area (Å²) < 4.78 is 0. The second kappa shape index (κ2) is 5.46. The molecule has 1 saturated heterocycles. The molecule has 2 heterocycles. The van der Waals surface area contributed by atoms with E-state index < -0.39 is 0 Å². The third-order valence-corrected chi connectivity index (χ3v) is 3.47. The maximum Gasteiger partial charge on any atom is 0.0410 e. The van der Waals surface area contributed by atoms with Gasteiger partial charge in [-0.15, -0.1) is 24.8 Å². The van der Waals surface area contributed by atoms with Crippen LogP contribution in [0.25, 0.3) is 0 Å². The molecule has 3 rings (SSSR count).